The molecule has 0 radical (unpaired) electrons. The number of hydrogen-bond donors (Lipinski definition) is 1. The van der Waals surface area contributed by atoms with Gasteiger partial charge in [-0.3, -0.25) is 0 Å². The third-order valence-corrected chi connectivity index (χ3v) is 9.27. The Kier molecular flexibility index (Phi) is 5.06. The van der Waals surface area contributed by atoms with E-state index in [1.165, 1.54) is 50.5 Å². The van der Waals surface area contributed by atoms with Gasteiger partial charge in [0.1, 0.15) is 0 Å². The van der Waals surface area contributed by atoms with E-state index in [1.807, 2.05) is 6.92 Å². The minimum Gasteiger partial charge on any atom is -0.387 e. The highest BCUT2D eigenvalue weighted by Gasteiger charge is 2.57. The Balaban J connectivity index is 1.47. The maximum atomic E-state index is 11.0. The highest BCUT2D eigenvalue weighted by molar-refractivity contribution is 5.14. The quantitative estimate of drug-likeness (QED) is 0.661. The molecule has 0 bridgehead atoms. The van der Waals surface area contributed by atoms with Crippen LogP contribution in [0.25, 0.3) is 0 Å². The molecule has 2 nitrogen and oxygen atoms in total. The van der Waals surface area contributed by atoms with Crippen molar-refractivity contribution in [3.8, 4) is 0 Å². The maximum absolute atomic E-state index is 11.0. The highest BCUT2D eigenvalue weighted by atomic mass is 16.5. The molecular formula is C24H40O2. The molecule has 4 fully saturated rings. The molecule has 0 aromatic rings. The van der Waals surface area contributed by atoms with E-state index in [2.05, 4.69) is 20.4 Å². The van der Waals surface area contributed by atoms with Gasteiger partial charge in [-0.1, -0.05) is 19.1 Å². The van der Waals surface area contributed by atoms with Crippen molar-refractivity contribution < 1.29 is 9.84 Å². The molecule has 0 amide bonds. The molecule has 4 aliphatic rings. The van der Waals surface area contributed by atoms with Crippen LogP contribution in [0.2, 0.25) is 0 Å². The lowest BCUT2D eigenvalue weighted by molar-refractivity contribution is -0.127. The van der Waals surface area contributed by atoms with Crippen LogP contribution >= 0.6 is 0 Å². The lowest BCUT2D eigenvalue weighted by atomic mass is 9.49. The average Bonchev–Trinajstić information content (AvgIpc) is 2.97. The number of aliphatic hydroxyl groups is 1. The van der Waals surface area contributed by atoms with Gasteiger partial charge in [-0.05, 0) is 113 Å². The summed E-state index contributed by atoms with van der Waals surface area (Å²) in [6.07, 6.45) is 11.5. The summed E-state index contributed by atoms with van der Waals surface area (Å²) in [5.41, 5.74) is 1.40. The minimum atomic E-state index is -0.550. The Bertz CT molecular complexity index is 542. The zero-order valence-corrected chi connectivity index (χ0v) is 17.3. The van der Waals surface area contributed by atoms with Crippen molar-refractivity contribution in [2.45, 2.75) is 84.2 Å². The molecule has 8 atom stereocenters. The van der Waals surface area contributed by atoms with Gasteiger partial charge in [0.2, 0.25) is 0 Å². The zero-order valence-electron chi connectivity index (χ0n) is 17.3. The summed E-state index contributed by atoms with van der Waals surface area (Å²) < 4.78 is 5.61. The molecule has 0 aliphatic heterocycles. The molecule has 26 heavy (non-hydrogen) atoms. The Morgan fingerprint density at radius 1 is 1.04 bits per heavy atom. The SMILES string of the molecule is C=C(C)[C@H]1CC[C@H]2[C@@H]3CC[C@@H]4C[C@@](O)(COCC)CC[C@@H]4[C@H]3CC[C@]12C. The summed E-state index contributed by atoms with van der Waals surface area (Å²) in [6, 6.07) is 0. The van der Waals surface area contributed by atoms with Crippen molar-refractivity contribution in [1.29, 1.82) is 0 Å². The molecule has 0 aromatic heterocycles. The van der Waals surface area contributed by atoms with Crippen LogP contribution in [0.15, 0.2) is 12.2 Å². The first-order chi connectivity index (χ1) is 12.4. The van der Waals surface area contributed by atoms with Gasteiger partial charge < -0.3 is 9.84 Å². The maximum Gasteiger partial charge on any atom is 0.0883 e. The van der Waals surface area contributed by atoms with Crippen LogP contribution < -0.4 is 0 Å². The molecule has 0 heterocycles. The van der Waals surface area contributed by atoms with Gasteiger partial charge in [0.05, 0.1) is 12.2 Å². The molecule has 1 N–H and O–H groups in total. The van der Waals surface area contributed by atoms with Gasteiger partial charge in [-0.2, -0.15) is 0 Å². The summed E-state index contributed by atoms with van der Waals surface area (Å²) >= 11 is 0. The molecule has 2 heteroatoms. The predicted molar refractivity (Wildman–Crippen MR) is 107 cm³/mol. The monoisotopic (exact) mass is 360 g/mol. The van der Waals surface area contributed by atoms with Gasteiger partial charge in [0.25, 0.3) is 0 Å². The van der Waals surface area contributed by atoms with Crippen LogP contribution in [0.4, 0.5) is 0 Å². The Hall–Kier alpha value is -0.340. The van der Waals surface area contributed by atoms with E-state index in [0.29, 0.717) is 18.6 Å². The van der Waals surface area contributed by atoms with Crippen molar-refractivity contribution in [3.63, 3.8) is 0 Å². The van der Waals surface area contributed by atoms with Gasteiger partial charge >= 0.3 is 0 Å². The fourth-order valence-corrected chi connectivity index (χ4v) is 8.20. The Morgan fingerprint density at radius 2 is 1.81 bits per heavy atom. The molecule has 0 aromatic carbocycles. The number of allylic oxidation sites excluding steroid dienone is 1. The fraction of sp³-hybridized carbons (Fsp3) is 0.917. The summed E-state index contributed by atoms with van der Waals surface area (Å²) in [4.78, 5) is 0. The zero-order chi connectivity index (χ0) is 18.5. The predicted octanol–water partition coefficient (Wildman–Crippen LogP) is 5.60. The third kappa shape index (κ3) is 3.00. The van der Waals surface area contributed by atoms with Crippen LogP contribution in [0.1, 0.15) is 78.6 Å². The average molecular weight is 361 g/mol. The van der Waals surface area contributed by atoms with Crippen molar-refractivity contribution in [2.24, 2.45) is 40.9 Å². The molecule has 0 spiro atoms. The Morgan fingerprint density at radius 3 is 2.54 bits per heavy atom. The first-order valence-electron chi connectivity index (χ1n) is 11.3. The number of rotatable bonds is 4. The van der Waals surface area contributed by atoms with Crippen LogP contribution in [-0.4, -0.2) is 23.9 Å². The van der Waals surface area contributed by atoms with E-state index in [4.69, 9.17) is 4.74 Å². The van der Waals surface area contributed by atoms with Gasteiger partial charge in [0.15, 0.2) is 0 Å². The molecular weight excluding hydrogens is 320 g/mol. The molecule has 4 aliphatic carbocycles. The molecule has 4 saturated carbocycles. The minimum absolute atomic E-state index is 0.518. The van der Waals surface area contributed by atoms with E-state index in [-0.39, 0.29) is 0 Å². The number of ether oxygens (including phenoxy) is 1. The number of hydrogen-bond acceptors (Lipinski definition) is 2. The summed E-state index contributed by atoms with van der Waals surface area (Å²) in [5.74, 6) is 5.15. The van der Waals surface area contributed by atoms with Gasteiger partial charge in [-0.15, -0.1) is 0 Å². The van der Waals surface area contributed by atoms with E-state index in [1.54, 1.807) is 0 Å². The molecule has 0 unspecified atom stereocenters. The second kappa shape index (κ2) is 6.92. The second-order valence-electron chi connectivity index (χ2n) is 10.6. The standard InChI is InChI=1S/C24H40O2/c1-5-26-15-24(25)13-11-18-17(14-24)6-7-20-19(18)10-12-23(4)21(16(2)3)8-9-22(20)23/h17-22,25H,2,5-15H2,1,3-4H3/t17-,18+,19-,20-,21-,22+,23-,24-/m1/s1. The topological polar surface area (TPSA) is 29.5 Å². The van der Waals surface area contributed by atoms with Crippen LogP contribution in [-0.2, 0) is 4.74 Å². The molecule has 4 rings (SSSR count). The van der Waals surface area contributed by atoms with Gasteiger partial charge in [-0.25, -0.2) is 0 Å². The second-order valence-corrected chi connectivity index (χ2v) is 10.6. The smallest absolute Gasteiger partial charge is 0.0883 e. The van der Waals surface area contributed by atoms with Crippen LogP contribution in [0.3, 0.4) is 0 Å². The first kappa shape index (κ1) is 19.0. The van der Waals surface area contributed by atoms with E-state index in [0.717, 1.165) is 48.3 Å². The lowest BCUT2D eigenvalue weighted by Crippen LogP contribution is -2.52. The largest absolute Gasteiger partial charge is 0.387 e. The van der Waals surface area contributed by atoms with Crippen LogP contribution in [0.5, 0.6) is 0 Å². The van der Waals surface area contributed by atoms with Crippen molar-refractivity contribution in [1.82, 2.24) is 0 Å². The highest BCUT2D eigenvalue weighted by Crippen LogP contribution is 2.65. The van der Waals surface area contributed by atoms with E-state index in [9.17, 15) is 5.11 Å². The summed E-state index contributed by atoms with van der Waals surface area (Å²) in [6.45, 7) is 12.5. The van der Waals surface area contributed by atoms with E-state index < -0.39 is 5.60 Å². The first-order valence-corrected chi connectivity index (χ1v) is 11.3. The van der Waals surface area contributed by atoms with Crippen molar-refractivity contribution in [2.75, 3.05) is 13.2 Å². The number of fused-ring (bicyclic) bond motifs is 5. The third-order valence-electron chi connectivity index (χ3n) is 9.27. The summed E-state index contributed by atoms with van der Waals surface area (Å²) in [5, 5.41) is 11.0. The fourth-order valence-electron chi connectivity index (χ4n) is 8.20. The van der Waals surface area contributed by atoms with Crippen LogP contribution in [0, 0.1) is 40.9 Å². The molecule has 0 saturated heterocycles. The Labute approximate surface area is 160 Å². The van der Waals surface area contributed by atoms with Crippen molar-refractivity contribution in [3.05, 3.63) is 12.2 Å². The summed E-state index contributed by atoms with van der Waals surface area (Å²) in [7, 11) is 0. The van der Waals surface area contributed by atoms with E-state index >= 15 is 0 Å². The lowest BCUT2D eigenvalue weighted by Gasteiger charge is -2.57. The molecule has 148 valence electrons. The van der Waals surface area contributed by atoms with Gasteiger partial charge in [0, 0.05) is 6.61 Å². The normalized spacial score (nSPS) is 50.6. The van der Waals surface area contributed by atoms with Crippen molar-refractivity contribution >= 4 is 0 Å².